The van der Waals surface area contributed by atoms with Crippen LogP contribution in [0.1, 0.15) is 44.2 Å². The van der Waals surface area contributed by atoms with Gasteiger partial charge in [0, 0.05) is 16.6 Å². The molecule has 20 heavy (non-hydrogen) atoms. The first-order chi connectivity index (χ1) is 9.49. The van der Waals surface area contributed by atoms with Crippen LogP contribution in [-0.2, 0) is 0 Å². The molecule has 0 amide bonds. The molecule has 1 saturated carbocycles. The first-order valence-electron chi connectivity index (χ1n) is 7.04. The SMILES string of the molecule is CC(NCC1CCCC(O)C1)c1c(Cl)ccc(F)c1Cl. The summed E-state index contributed by atoms with van der Waals surface area (Å²) in [7, 11) is 0. The molecule has 0 heterocycles. The van der Waals surface area contributed by atoms with Gasteiger partial charge in [0.2, 0.25) is 0 Å². The van der Waals surface area contributed by atoms with Crippen molar-refractivity contribution in [1.82, 2.24) is 5.32 Å². The topological polar surface area (TPSA) is 32.3 Å². The highest BCUT2D eigenvalue weighted by Gasteiger charge is 2.22. The summed E-state index contributed by atoms with van der Waals surface area (Å²) < 4.78 is 13.5. The molecule has 2 N–H and O–H groups in total. The third kappa shape index (κ3) is 3.85. The predicted octanol–water partition coefficient (Wildman–Crippen LogP) is 4.33. The Labute approximate surface area is 129 Å². The maximum atomic E-state index is 13.5. The Hall–Kier alpha value is -0.350. The predicted molar refractivity (Wildman–Crippen MR) is 80.8 cm³/mol. The summed E-state index contributed by atoms with van der Waals surface area (Å²) in [6.07, 6.45) is 3.70. The second-order valence-corrected chi connectivity index (χ2v) is 6.36. The van der Waals surface area contributed by atoms with Gasteiger partial charge < -0.3 is 10.4 Å². The van der Waals surface area contributed by atoms with Crippen molar-refractivity contribution in [3.05, 3.63) is 33.6 Å². The van der Waals surface area contributed by atoms with E-state index in [0.29, 0.717) is 16.5 Å². The maximum Gasteiger partial charge on any atom is 0.142 e. The molecule has 0 saturated heterocycles. The van der Waals surface area contributed by atoms with E-state index in [4.69, 9.17) is 23.2 Å². The van der Waals surface area contributed by atoms with E-state index in [1.807, 2.05) is 6.92 Å². The molecule has 3 unspecified atom stereocenters. The minimum absolute atomic E-state index is 0.0844. The van der Waals surface area contributed by atoms with Gasteiger partial charge in [0.1, 0.15) is 5.82 Å². The largest absolute Gasteiger partial charge is 0.393 e. The lowest BCUT2D eigenvalue weighted by molar-refractivity contribution is 0.0998. The molecule has 0 aliphatic heterocycles. The normalized spacial score (nSPS) is 24.6. The zero-order valence-electron chi connectivity index (χ0n) is 11.5. The Morgan fingerprint density at radius 2 is 2.15 bits per heavy atom. The van der Waals surface area contributed by atoms with Crippen LogP contribution in [-0.4, -0.2) is 17.8 Å². The maximum absolute atomic E-state index is 13.5. The van der Waals surface area contributed by atoms with Crippen molar-refractivity contribution in [2.75, 3.05) is 6.54 Å². The molecule has 112 valence electrons. The molecule has 1 aromatic rings. The lowest BCUT2D eigenvalue weighted by Gasteiger charge is -2.27. The van der Waals surface area contributed by atoms with E-state index in [-0.39, 0.29) is 17.2 Å². The van der Waals surface area contributed by atoms with Gasteiger partial charge in [0.05, 0.1) is 11.1 Å². The molecule has 0 spiro atoms. The summed E-state index contributed by atoms with van der Waals surface area (Å²) in [5, 5.41) is 13.6. The van der Waals surface area contributed by atoms with Gasteiger partial charge in [-0.25, -0.2) is 4.39 Å². The highest BCUT2D eigenvalue weighted by Crippen LogP contribution is 2.32. The summed E-state index contributed by atoms with van der Waals surface area (Å²) >= 11 is 12.1. The average molecular weight is 320 g/mol. The molecule has 1 aromatic carbocycles. The Morgan fingerprint density at radius 1 is 1.40 bits per heavy atom. The van der Waals surface area contributed by atoms with Gasteiger partial charge in [0.15, 0.2) is 0 Å². The van der Waals surface area contributed by atoms with Gasteiger partial charge in [-0.2, -0.15) is 0 Å². The summed E-state index contributed by atoms with van der Waals surface area (Å²) in [6, 6.07) is 2.68. The zero-order chi connectivity index (χ0) is 14.7. The zero-order valence-corrected chi connectivity index (χ0v) is 13.0. The van der Waals surface area contributed by atoms with Crippen LogP contribution < -0.4 is 5.32 Å². The van der Waals surface area contributed by atoms with E-state index < -0.39 is 5.82 Å². The minimum Gasteiger partial charge on any atom is -0.393 e. The van der Waals surface area contributed by atoms with Crippen LogP contribution in [0.4, 0.5) is 4.39 Å². The lowest BCUT2D eigenvalue weighted by Crippen LogP contribution is -2.31. The third-order valence-electron chi connectivity index (χ3n) is 3.98. The van der Waals surface area contributed by atoms with Crippen molar-refractivity contribution in [3.8, 4) is 0 Å². The lowest BCUT2D eigenvalue weighted by atomic mass is 9.87. The standard InChI is InChI=1S/C15H20Cl2FNO/c1-9(14-12(16)5-6-13(18)15(14)17)19-8-10-3-2-4-11(20)7-10/h5-6,9-11,19-20H,2-4,7-8H2,1H3. The molecule has 2 rings (SSSR count). The van der Waals surface area contributed by atoms with E-state index in [2.05, 4.69) is 5.32 Å². The fraction of sp³-hybridized carbons (Fsp3) is 0.600. The Balaban J connectivity index is 1.98. The molecule has 0 radical (unpaired) electrons. The second-order valence-electron chi connectivity index (χ2n) is 5.57. The molecule has 5 heteroatoms. The van der Waals surface area contributed by atoms with Gasteiger partial charge in [-0.3, -0.25) is 0 Å². The molecule has 3 atom stereocenters. The third-order valence-corrected chi connectivity index (χ3v) is 4.69. The van der Waals surface area contributed by atoms with E-state index in [9.17, 15) is 9.50 Å². The van der Waals surface area contributed by atoms with E-state index >= 15 is 0 Å². The van der Waals surface area contributed by atoms with Crippen LogP contribution >= 0.6 is 23.2 Å². The van der Waals surface area contributed by atoms with Crippen molar-refractivity contribution < 1.29 is 9.50 Å². The van der Waals surface area contributed by atoms with Crippen LogP contribution in [0.15, 0.2) is 12.1 Å². The summed E-state index contributed by atoms with van der Waals surface area (Å²) in [5.74, 6) is 0.000107. The molecule has 1 fully saturated rings. The number of halogens is 3. The number of benzene rings is 1. The van der Waals surface area contributed by atoms with Gasteiger partial charge in [0.25, 0.3) is 0 Å². The first kappa shape index (κ1) is 16.0. The van der Waals surface area contributed by atoms with Gasteiger partial charge >= 0.3 is 0 Å². The molecule has 1 aliphatic carbocycles. The van der Waals surface area contributed by atoms with E-state index in [1.165, 1.54) is 12.1 Å². The van der Waals surface area contributed by atoms with Crippen LogP contribution in [0.5, 0.6) is 0 Å². The summed E-state index contributed by atoms with van der Waals surface area (Å²) in [5.41, 5.74) is 0.602. The van der Waals surface area contributed by atoms with E-state index in [0.717, 1.165) is 32.2 Å². The number of hydrogen-bond acceptors (Lipinski definition) is 2. The summed E-state index contributed by atoms with van der Waals surface area (Å²) in [6.45, 7) is 2.70. The van der Waals surface area contributed by atoms with Crippen LogP contribution in [0.3, 0.4) is 0 Å². The van der Waals surface area contributed by atoms with E-state index in [1.54, 1.807) is 0 Å². The highest BCUT2D eigenvalue weighted by atomic mass is 35.5. The van der Waals surface area contributed by atoms with Gasteiger partial charge in [-0.15, -0.1) is 0 Å². The van der Waals surface area contributed by atoms with Crippen molar-refractivity contribution in [2.24, 2.45) is 5.92 Å². The Morgan fingerprint density at radius 3 is 2.85 bits per heavy atom. The monoisotopic (exact) mass is 319 g/mol. The van der Waals surface area contributed by atoms with Crippen molar-refractivity contribution >= 4 is 23.2 Å². The molecular formula is C15H20Cl2FNO. The van der Waals surface area contributed by atoms with Gasteiger partial charge in [-0.05, 0) is 50.8 Å². The van der Waals surface area contributed by atoms with Crippen LogP contribution in [0.2, 0.25) is 10.0 Å². The second kappa shape index (κ2) is 7.08. The molecule has 0 aromatic heterocycles. The minimum atomic E-state index is -0.451. The van der Waals surface area contributed by atoms with Crippen molar-refractivity contribution in [2.45, 2.75) is 44.8 Å². The van der Waals surface area contributed by atoms with Crippen molar-refractivity contribution in [3.63, 3.8) is 0 Å². The Bertz CT molecular complexity index is 469. The molecule has 2 nitrogen and oxygen atoms in total. The van der Waals surface area contributed by atoms with Gasteiger partial charge in [-0.1, -0.05) is 29.6 Å². The average Bonchev–Trinajstić information content (AvgIpc) is 2.41. The highest BCUT2D eigenvalue weighted by molar-refractivity contribution is 6.36. The fourth-order valence-corrected chi connectivity index (χ4v) is 3.53. The van der Waals surface area contributed by atoms with Crippen molar-refractivity contribution in [1.29, 1.82) is 0 Å². The Kier molecular flexibility index (Phi) is 5.67. The smallest absolute Gasteiger partial charge is 0.142 e. The first-order valence-corrected chi connectivity index (χ1v) is 7.79. The molecule has 1 aliphatic rings. The number of rotatable bonds is 4. The van der Waals surface area contributed by atoms with Crippen LogP contribution in [0.25, 0.3) is 0 Å². The number of nitrogens with one attached hydrogen (secondary N) is 1. The number of hydrogen-bond donors (Lipinski definition) is 2. The quantitative estimate of drug-likeness (QED) is 0.809. The fourth-order valence-electron chi connectivity index (χ4n) is 2.83. The van der Waals surface area contributed by atoms with Crippen LogP contribution in [0, 0.1) is 11.7 Å². The molecule has 0 bridgehead atoms. The molecular weight excluding hydrogens is 300 g/mol. The summed E-state index contributed by atoms with van der Waals surface area (Å²) in [4.78, 5) is 0. The number of aliphatic hydroxyl groups excluding tert-OH is 1. The number of aliphatic hydroxyl groups is 1.